The van der Waals surface area contributed by atoms with E-state index >= 15 is 0 Å². The van der Waals surface area contributed by atoms with Crippen molar-refractivity contribution in [2.45, 2.75) is 17.4 Å². The Labute approximate surface area is 157 Å². The van der Waals surface area contributed by atoms with Gasteiger partial charge in [-0.3, -0.25) is 14.9 Å². The van der Waals surface area contributed by atoms with Gasteiger partial charge in [0.1, 0.15) is 6.04 Å². The Hall–Kier alpha value is -2.05. The second kappa shape index (κ2) is 7.89. The number of aliphatic carboxylic acids is 1. The smallest absolute Gasteiger partial charge is 0.322 e. The maximum absolute atomic E-state index is 12.3. The first-order valence-corrected chi connectivity index (χ1v) is 9.49. The number of non-ortho nitro benzene ring substituents is 1. The number of carboxylic acid groups (broad SMARTS) is 1. The first-order valence-electron chi connectivity index (χ1n) is 6.93. The van der Waals surface area contributed by atoms with Crippen LogP contribution in [0.4, 0.5) is 5.69 Å². The third kappa shape index (κ3) is 5.21. The second-order valence-corrected chi connectivity index (χ2v) is 8.05. The van der Waals surface area contributed by atoms with Crippen molar-refractivity contribution in [1.82, 2.24) is 4.72 Å². The van der Waals surface area contributed by atoms with E-state index in [2.05, 4.69) is 4.72 Å². The Morgan fingerprint density at radius 3 is 2.20 bits per heavy atom. The molecular weight excluding hydrogens is 463 g/mol. The lowest BCUT2D eigenvalue weighted by Crippen LogP contribution is -2.42. The SMILES string of the molecule is O=C(O)[C@@H](Cc1ccc([N+](=O)[O-])cc1)NS(=O)(=O)c1ccc(I)cc1. The van der Waals surface area contributed by atoms with Gasteiger partial charge in [-0.2, -0.15) is 4.72 Å². The first-order chi connectivity index (χ1) is 11.7. The molecule has 0 fully saturated rings. The van der Waals surface area contributed by atoms with Crippen molar-refractivity contribution in [3.8, 4) is 0 Å². The summed E-state index contributed by atoms with van der Waals surface area (Å²) in [6.07, 6.45) is -0.142. The molecule has 0 aliphatic carbocycles. The van der Waals surface area contributed by atoms with Gasteiger partial charge in [0.2, 0.25) is 10.0 Å². The first kappa shape index (κ1) is 19.3. The van der Waals surface area contributed by atoms with Crippen molar-refractivity contribution in [2.24, 2.45) is 0 Å². The number of benzene rings is 2. The summed E-state index contributed by atoms with van der Waals surface area (Å²) in [5, 5.41) is 19.9. The van der Waals surface area contributed by atoms with E-state index in [-0.39, 0.29) is 17.0 Å². The molecule has 2 rings (SSSR count). The lowest BCUT2D eigenvalue weighted by molar-refractivity contribution is -0.384. The van der Waals surface area contributed by atoms with E-state index in [0.717, 1.165) is 3.57 Å². The Morgan fingerprint density at radius 2 is 1.72 bits per heavy atom. The number of carboxylic acids is 1. The topological polar surface area (TPSA) is 127 Å². The molecule has 0 aliphatic rings. The summed E-state index contributed by atoms with van der Waals surface area (Å²) in [4.78, 5) is 21.4. The Balaban J connectivity index is 2.19. The molecule has 2 aromatic rings. The number of halogens is 1. The number of hydrogen-bond acceptors (Lipinski definition) is 5. The van der Waals surface area contributed by atoms with Crippen LogP contribution in [0.5, 0.6) is 0 Å². The van der Waals surface area contributed by atoms with E-state index in [1.54, 1.807) is 12.1 Å². The van der Waals surface area contributed by atoms with E-state index in [1.807, 2.05) is 22.6 Å². The van der Waals surface area contributed by atoms with E-state index in [0.29, 0.717) is 5.56 Å². The van der Waals surface area contributed by atoms with Crippen LogP contribution in [-0.2, 0) is 21.2 Å². The van der Waals surface area contributed by atoms with Gasteiger partial charge in [-0.1, -0.05) is 12.1 Å². The zero-order valence-electron chi connectivity index (χ0n) is 12.6. The van der Waals surface area contributed by atoms with Crippen LogP contribution in [0, 0.1) is 13.7 Å². The van der Waals surface area contributed by atoms with Gasteiger partial charge in [0.05, 0.1) is 9.82 Å². The Kier molecular flexibility index (Phi) is 6.08. The number of nitrogens with zero attached hydrogens (tertiary/aromatic N) is 1. The third-order valence-corrected chi connectivity index (χ3v) is 5.51. The van der Waals surface area contributed by atoms with Crippen molar-refractivity contribution < 1.29 is 23.2 Å². The summed E-state index contributed by atoms with van der Waals surface area (Å²) in [7, 11) is -4.01. The summed E-state index contributed by atoms with van der Waals surface area (Å²) < 4.78 is 27.6. The van der Waals surface area contributed by atoms with E-state index in [4.69, 9.17) is 0 Å². The molecule has 0 radical (unpaired) electrons. The normalized spacial score (nSPS) is 12.5. The van der Waals surface area contributed by atoms with Crippen LogP contribution < -0.4 is 4.72 Å². The minimum atomic E-state index is -4.01. The van der Waals surface area contributed by atoms with Crippen LogP contribution in [-0.4, -0.2) is 30.5 Å². The highest BCUT2D eigenvalue weighted by Crippen LogP contribution is 2.16. The molecular formula is C15H13IN2O6S. The molecule has 0 heterocycles. The fourth-order valence-corrected chi connectivity index (χ4v) is 3.59. The fraction of sp³-hybridized carbons (Fsp3) is 0.133. The number of nitro benzene ring substituents is 1. The predicted octanol–water partition coefficient (Wildman–Crippen LogP) is 2.17. The highest BCUT2D eigenvalue weighted by molar-refractivity contribution is 14.1. The van der Waals surface area contributed by atoms with Crippen LogP contribution in [0.25, 0.3) is 0 Å². The van der Waals surface area contributed by atoms with Crippen molar-refractivity contribution in [1.29, 1.82) is 0 Å². The predicted molar refractivity (Wildman–Crippen MR) is 97.7 cm³/mol. The molecule has 10 heteroatoms. The third-order valence-electron chi connectivity index (χ3n) is 3.31. The van der Waals surface area contributed by atoms with Crippen molar-refractivity contribution >= 4 is 44.3 Å². The van der Waals surface area contributed by atoms with Gasteiger partial charge in [0.15, 0.2) is 0 Å². The number of hydrogen-bond donors (Lipinski definition) is 2. The summed E-state index contributed by atoms with van der Waals surface area (Å²) in [5.41, 5.74) is 0.332. The number of carbonyl (C=O) groups is 1. The van der Waals surface area contributed by atoms with Crippen LogP contribution in [0.3, 0.4) is 0 Å². The summed E-state index contributed by atoms with van der Waals surface area (Å²) in [6, 6.07) is 9.84. The molecule has 0 bridgehead atoms. The highest BCUT2D eigenvalue weighted by Gasteiger charge is 2.25. The highest BCUT2D eigenvalue weighted by atomic mass is 127. The number of rotatable bonds is 7. The minimum absolute atomic E-state index is 0.0390. The number of sulfonamides is 1. The summed E-state index contributed by atoms with van der Waals surface area (Å²) in [5.74, 6) is -1.34. The van der Waals surface area contributed by atoms with E-state index < -0.39 is 27.0 Å². The molecule has 8 nitrogen and oxygen atoms in total. The van der Waals surface area contributed by atoms with Crippen molar-refractivity contribution in [3.63, 3.8) is 0 Å². The maximum atomic E-state index is 12.3. The molecule has 0 amide bonds. The molecule has 0 spiro atoms. The summed E-state index contributed by atoms with van der Waals surface area (Å²) >= 11 is 2.03. The molecule has 2 aromatic carbocycles. The van der Waals surface area contributed by atoms with Gasteiger partial charge in [-0.25, -0.2) is 8.42 Å². The Bertz CT molecular complexity index is 881. The summed E-state index contributed by atoms with van der Waals surface area (Å²) in [6.45, 7) is 0. The minimum Gasteiger partial charge on any atom is -0.480 e. The zero-order valence-corrected chi connectivity index (χ0v) is 15.6. The van der Waals surface area contributed by atoms with Gasteiger partial charge >= 0.3 is 5.97 Å². The largest absolute Gasteiger partial charge is 0.480 e. The molecule has 0 saturated carbocycles. The monoisotopic (exact) mass is 476 g/mol. The van der Waals surface area contributed by atoms with Gasteiger partial charge in [0, 0.05) is 15.7 Å². The lowest BCUT2D eigenvalue weighted by atomic mass is 10.1. The van der Waals surface area contributed by atoms with E-state index in [9.17, 15) is 28.4 Å². The quantitative estimate of drug-likeness (QED) is 0.359. The molecule has 0 saturated heterocycles. The lowest BCUT2D eigenvalue weighted by Gasteiger charge is -2.15. The van der Waals surface area contributed by atoms with Gasteiger partial charge in [-0.05, 0) is 58.8 Å². The van der Waals surface area contributed by atoms with E-state index in [1.165, 1.54) is 36.4 Å². The average molecular weight is 476 g/mol. The van der Waals surface area contributed by atoms with Crippen LogP contribution >= 0.6 is 22.6 Å². The molecule has 0 unspecified atom stereocenters. The van der Waals surface area contributed by atoms with Gasteiger partial charge in [0.25, 0.3) is 5.69 Å². The standard InChI is InChI=1S/C15H13IN2O6S/c16-11-3-7-13(8-4-11)25(23,24)17-14(15(19)20)9-10-1-5-12(6-2-10)18(21)22/h1-8,14,17H,9H2,(H,19,20)/t14-/m1/s1. The van der Waals surface area contributed by atoms with Gasteiger partial charge in [-0.15, -0.1) is 0 Å². The Morgan fingerprint density at radius 1 is 1.16 bits per heavy atom. The maximum Gasteiger partial charge on any atom is 0.322 e. The van der Waals surface area contributed by atoms with Crippen LogP contribution in [0.2, 0.25) is 0 Å². The molecule has 132 valence electrons. The van der Waals surface area contributed by atoms with Crippen molar-refractivity contribution in [3.05, 3.63) is 67.8 Å². The van der Waals surface area contributed by atoms with Crippen LogP contribution in [0.15, 0.2) is 53.4 Å². The zero-order chi connectivity index (χ0) is 18.6. The molecule has 2 N–H and O–H groups in total. The average Bonchev–Trinajstić information content (AvgIpc) is 2.55. The molecule has 25 heavy (non-hydrogen) atoms. The van der Waals surface area contributed by atoms with Crippen molar-refractivity contribution in [2.75, 3.05) is 0 Å². The number of nitro groups is 1. The molecule has 1 atom stereocenters. The molecule has 0 aromatic heterocycles. The van der Waals surface area contributed by atoms with Crippen LogP contribution in [0.1, 0.15) is 5.56 Å². The molecule has 0 aliphatic heterocycles. The van der Waals surface area contributed by atoms with Gasteiger partial charge < -0.3 is 5.11 Å². The fourth-order valence-electron chi connectivity index (χ4n) is 2.04. The number of nitrogens with one attached hydrogen (secondary N) is 1. The second-order valence-electron chi connectivity index (χ2n) is 5.09.